The number of ether oxygens (including phenoxy) is 2. The number of sulfonamides is 1. The van der Waals surface area contributed by atoms with Gasteiger partial charge in [0.25, 0.3) is 15.9 Å². The third kappa shape index (κ3) is 5.16. The molecule has 0 unspecified atom stereocenters. The first kappa shape index (κ1) is 23.6. The van der Waals surface area contributed by atoms with E-state index in [1.807, 2.05) is 0 Å². The Morgan fingerprint density at radius 1 is 1.09 bits per heavy atom. The molecule has 0 saturated heterocycles. The summed E-state index contributed by atoms with van der Waals surface area (Å²) in [6, 6.07) is 18.0. The summed E-state index contributed by atoms with van der Waals surface area (Å²) in [7, 11) is -4.04. The fourth-order valence-corrected chi connectivity index (χ4v) is 4.92. The van der Waals surface area contributed by atoms with Gasteiger partial charge in [-0.05, 0) is 48.9 Å². The summed E-state index contributed by atoms with van der Waals surface area (Å²) < 4.78 is 38.9. The van der Waals surface area contributed by atoms with Crippen LogP contribution in [-0.4, -0.2) is 40.3 Å². The van der Waals surface area contributed by atoms with E-state index in [1.54, 1.807) is 55.5 Å². The molecule has 1 amide bonds. The third-order valence-electron chi connectivity index (χ3n) is 5.05. The van der Waals surface area contributed by atoms with Crippen LogP contribution in [0.1, 0.15) is 11.1 Å². The first-order valence-corrected chi connectivity index (χ1v) is 12.2. The zero-order valence-corrected chi connectivity index (χ0v) is 19.8. The Morgan fingerprint density at radius 3 is 2.62 bits per heavy atom. The van der Waals surface area contributed by atoms with Crippen LogP contribution in [0, 0.1) is 6.92 Å². The van der Waals surface area contributed by atoms with Crippen molar-refractivity contribution < 1.29 is 22.7 Å². The maximum atomic E-state index is 13.4. The topological polar surface area (TPSA) is 97.3 Å². The number of benzene rings is 3. The number of carbonyl (C=O) groups excluding carboxylic acids is 1. The van der Waals surface area contributed by atoms with Gasteiger partial charge >= 0.3 is 0 Å². The van der Waals surface area contributed by atoms with Gasteiger partial charge in [0, 0.05) is 10.6 Å². The molecule has 4 rings (SSSR count). The number of halogens is 1. The molecule has 1 heterocycles. The SMILES string of the molecule is Cc1ccc(N(CC(=O)N/N=C\c2cccc3c2OCCO3)S(=O)(=O)c2ccccc2)cc1Cl. The average molecular weight is 500 g/mol. The Bertz CT molecular complexity index is 1330. The molecular weight excluding hydrogens is 478 g/mol. The normalized spacial score (nSPS) is 13.0. The summed E-state index contributed by atoms with van der Waals surface area (Å²) in [5.74, 6) is 0.502. The second-order valence-corrected chi connectivity index (χ2v) is 9.69. The molecule has 0 atom stereocenters. The van der Waals surface area contributed by atoms with Crippen molar-refractivity contribution in [3.63, 3.8) is 0 Å². The number of hydrogen-bond donors (Lipinski definition) is 1. The van der Waals surface area contributed by atoms with E-state index in [4.69, 9.17) is 21.1 Å². The van der Waals surface area contributed by atoms with Crippen LogP contribution in [0.15, 0.2) is 76.7 Å². The van der Waals surface area contributed by atoms with E-state index in [0.717, 1.165) is 9.87 Å². The Kier molecular flexibility index (Phi) is 7.04. The number of amides is 1. The second kappa shape index (κ2) is 10.1. The molecule has 0 aliphatic carbocycles. The smallest absolute Gasteiger partial charge is 0.264 e. The molecule has 176 valence electrons. The van der Waals surface area contributed by atoms with Gasteiger partial charge in [-0.15, -0.1) is 0 Å². The predicted octanol–water partition coefficient (Wildman–Crippen LogP) is 3.77. The van der Waals surface area contributed by atoms with Crippen LogP contribution in [0.3, 0.4) is 0 Å². The molecule has 1 aliphatic heterocycles. The molecular formula is C24H22ClN3O5S. The first-order chi connectivity index (χ1) is 16.4. The van der Waals surface area contributed by atoms with Gasteiger partial charge in [0.15, 0.2) is 11.5 Å². The summed E-state index contributed by atoms with van der Waals surface area (Å²) in [5, 5.41) is 4.36. The van der Waals surface area contributed by atoms with Gasteiger partial charge in [-0.3, -0.25) is 9.10 Å². The van der Waals surface area contributed by atoms with Gasteiger partial charge in [0.1, 0.15) is 19.8 Å². The minimum Gasteiger partial charge on any atom is -0.486 e. The zero-order valence-electron chi connectivity index (χ0n) is 18.3. The molecule has 3 aromatic carbocycles. The molecule has 34 heavy (non-hydrogen) atoms. The fourth-order valence-electron chi connectivity index (χ4n) is 3.31. The van der Waals surface area contributed by atoms with Crippen LogP contribution in [0.25, 0.3) is 0 Å². The number of rotatable bonds is 7. The van der Waals surface area contributed by atoms with Crippen molar-refractivity contribution in [3.05, 3.63) is 82.9 Å². The summed E-state index contributed by atoms with van der Waals surface area (Å²) in [6.07, 6.45) is 1.42. The number of para-hydroxylation sites is 1. The molecule has 0 fully saturated rings. The van der Waals surface area contributed by atoms with E-state index in [-0.39, 0.29) is 10.6 Å². The molecule has 8 nitrogen and oxygen atoms in total. The molecule has 10 heteroatoms. The van der Waals surface area contributed by atoms with Crippen molar-refractivity contribution in [2.75, 3.05) is 24.1 Å². The van der Waals surface area contributed by atoms with Gasteiger partial charge in [-0.2, -0.15) is 5.10 Å². The summed E-state index contributed by atoms with van der Waals surface area (Å²) >= 11 is 6.23. The summed E-state index contributed by atoms with van der Waals surface area (Å²) in [5.41, 5.74) is 4.06. The number of nitrogens with zero attached hydrogens (tertiary/aromatic N) is 2. The van der Waals surface area contributed by atoms with E-state index >= 15 is 0 Å². The van der Waals surface area contributed by atoms with E-state index in [0.29, 0.717) is 35.3 Å². The lowest BCUT2D eigenvalue weighted by Gasteiger charge is -2.24. The largest absolute Gasteiger partial charge is 0.486 e. The van der Waals surface area contributed by atoms with Gasteiger partial charge in [-0.25, -0.2) is 13.8 Å². The van der Waals surface area contributed by atoms with Crippen LogP contribution in [0.4, 0.5) is 5.69 Å². The first-order valence-electron chi connectivity index (χ1n) is 10.4. The van der Waals surface area contributed by atoms with Gasteiger partial charge < -0.3 is 9.47 Å². The number of anilines is 1. The Morgan fingerprint density at radius 2 is 1.85 bits per heavy atom. The van der Waals surface area contributed by atoms with Crippen LogP contribution < -0.4 is 19.2 Å². The van der Waals surface area contributed by atoms with Gasteiger partial charge in [-0.1, -0.05) is 41.9 Å². The molecule has 3 aromatic rings. The van der Waals surface area contributed by atoms with Crippen molar-refractivity contribution in [2.24, 2.45) is 5.10 Å². The van der Waals surface area contributed by atoms with Crippen LogP contribution in [-0.2, 0) is 14.8 Å². The monoisotopic (exact) mass is 499 g/mol. The molecule has 0 bridgehead atoms. The van der Waals surface area contributed by atoms with Crippen molar-refractivity contribution in [1.82, 2.24) is 5.43 Å². The molecule has 0 radical (unpaired) electrons. The lowest BCUT2D eigenvalue weighted by molar-refractivity contribution is -0.119. The van der Waals surface area contributed by atoms with Crippen molar-refractivity contribution in [2.45, 2.75) is 11.8 Å². The molecule has 1 aliphatic rings. The second-order valence-electron chi connectivity index (χ2n) is 7.42. The fraction of sp³-hybridized carbons (Fsp3) is 0.167. The molecule has 0 saturated carbocycles. The van der Waals surface area contributed by atoms with E-state index in [2.05, 4.69) is 10.5 Å². The molecule has 0 aromatic heterocycles. The number of hydrazone groups is 1. The summed E-state index contributed by atoms with van der Waals surface area (Å²) in [6.45, 7) is 2.18. The van der Waals surface area contributed by atoms with Crippen molar-refractivity contribution in [3.8, 4) is 11.5 Å². The van der Waals surface area contributed by atoms with Crippen molar-refractivity contribution in [1.29, 1.82) is 0 Å². The van der Waals surface area contributed by atoms with Crippen LogP contribution in [0.2, 0.25) is 5.02 Å². The Hall–Kier alpha value is -3.56. The highest BCUT2D eigenvalue weighted by Crippen LogP contribution is 2.32. The minimum absolute atomic E-state index is 0.0519. The molecule has 1 N–H and O–H groups in total. The lowest BCUT2D eigenvalue weighted by atomic mass is 10.2. The zero-order chi connectivity index (χ0) is 24.1. The van der Waals surface area contributed by atoms with Crippen molar-refractivity contribution >= 4 is 39.4 Å². The summed E-state index contributed by atoms with van der Waals surface area (Å²) in [4.78, 5) is 12.8. The van der Waals surface area contributed by atoms with Gasteiger partial charge in [0.2, 0.25) is 0 Å². The number of fused-ring (bicyclic) bond motifs is 1. The van der Waals surface area contributed by atoms with Crippen LogP contribution in [0.5, 0.6) is 11.5 Å². The molecule has 0 spiro atoms. The maximum Gasteiger partial charge on any atom is 0.264 e. The number of nitrogens with one attached hydrogen (secondary N) is 1. The van der Waals surface area contributed by atoms with E-state index in [9.17, 15) is 13.2 Å². The van der Waals surface area contributed by atoms with E-state index < -0.39 is 22.5 Å². The lowest BCUT2D eigenvalue weighted by Crippen LogP contribution is -2.39. The minimum atomic E-state index is -4.04. The quantitative estimate of drug-likeness (QED) is 0.394. The number of aryl methyl sites for hydroxylation is 1. The average Bonchev–Trinajstić information content (AvgIpc) is 2.85. The predicted molar refractivity (Wildman–Crippen MR) is 130 cm³/mol. The highest BCUT2D eigenvalue weighted by molar-refractivity contribution is 7.92. The third-order valence-corrected chi connectivity index (χ3v) is 7.25. The van der Waals surface area contributed by atoms with Crippen LogP contribution >= 0.6 is 11.6 Å². The van der Waals surface area contributed by atoms with E-state index in [1.165, 1.54) is 24.4 Å². The Labute approximate surface area is 202 Å². The maximum absolute atomic E-state index is 13.4. The number of hydrogen-bond acceptors (Lipinski definition) is 6. The number of carbonyl (C=O) groups is 1. The highest BCUT2D eigenvalue weighted by Gasteiger charge is 2.27. The highest BCUT2D eigenvalue weighted by atomic mass is 35.5. The standard InChI is InChI=1S/C24H22ClN3O5S/c1-17-10-11-19(14-21(17)25)28(34(30,31)20-7-3-2-4-8-20)16-23(29)27-26-15-18-6-5-9-22-24(18)33-13-12-32-22/h2-11,14-15H,12-13,16H2,1H3,(H,27,29)/b26-15-. The van der Waals surface area contributed by atoms with Gasteiger partial charge in [0.05, 0.1) is 16.8 Å². The Balaban J connectivity index is 1.56.